The van der Waals surface area contributed by atoms with Crippen LogP contribution in [-0.2, 0) is 6.18 Å². The van der Waals surface area contributed by atoms with Gasteiger partial charge in [0.25, 0.3) is 5.91 Å². The molecule has 1 N–H and O–H groups in total. The van der Waals surface area contributed by atoms with Gasteiger partial charge in [0.2, 0.25) is 0 Å². The lowest BCUT2D eigenvalue weighted by Gasteiger charge is -2.14. The van der Waals surface area contributed by atoms with E-state index in [1.807, 2.05) is 0 Å². The van der Waals surface area contributed by atoms with Gasteiger partial charge in [0, 0.05) is 5.38 Å². The molecule has 0 aliphatic heterocycles. The Kier molecular flexibility index (Phi) is 4.41. The number of para-hydroxylation sites is 1. The summed E-state index contributed by atoms with van der Waals surface area (Å²) in [7, 11) is 0. The van der Waals surface area contributed by atoms with Gasteiger partial charge in [-0.15, -0.1) is 11.3 Å². The average molecular weight is 385 g/mol. The third-order valence-electron chi connectivity index (χ3n) is 2.39. The molecule has 0 aliphatic rings. The summed E-state index contributed by atoms with van der Waals surface area (Å²) < 4.78 is 39.3. The van der Waals surface area contributed by atoms with Crippen molar-refractivity contribution >= 4 is 50.5 Å². The van der Waals surface area contributed by atoms with E-state index in [0.717, 1.165) is 6.07 Å². The molecule has 0 saturated heterocycles. The Bertz CT molecular complexity index is 656. The first-order chi connectivity index (χ1) is 9.29. The van der Waals surface area contributed by atoms with Gasteiger partial charge >= 0.3 is 6.18 Å². The zero-order valence-corrected chi connectivity index (χ0v) is 12.8. The largest absolute Gasteiger partial charge is 0.418 e. The normalized spacial score (nSPS) is 11.4. The predicted molar refractivity (Wildman–Crippen MR) is 76.4 cm³/mol. The topological polar surface area (TPSA) is 29.1 Å². The second-order valence-electron chi connectivity index (χ2n) is 3.75. The molecule has 2 rings (SSSR count). The molecular weight excluding hydrogens is 379 g/mol. The molecular formula is C12H6BrClF3NOS. The summed E-state index contributed by atoms with van der Waals surface area (Å²) >= 11 is 10.2. The summed E-state index contributed by atoms with van der Waals surface area (Å²) in [6.45, 7) is 0. The Hall–Kier alpha value is -1.05. The van der Waals surface area contributed by atoms with E-state index >= 15 is 0 Å². The van der Waals surface area contributed by atoms with Gasteiger partial charge in [0.05, 0.1) is 25.6 Å². The van der Waals surface area contributed by atoms with Crippen molar-refractivity contribution in [3.05, 3.63) is 49.6 Å². The molecule has 1 aromatic carbocycles. The zero-order chi connectivity index (χ0) is 14.9. The second-order valence-corrected chi connectivity index (χ2v) is 6.45. The Morgan fingerprint density at radius 3 is 2.60 bits per heavy atom. The summed E-state index contributed by atoms with van der Waals surface area (Å²) in [5, 5.41) is 3.58. The highest BCUT2D eigenvalue weighted by atomic mass is 79.9. The van der Waals surface area contributed by atoms with Crippen molar-refractivity contribution < 1.29 is 18.0 Å². The third-order valence-corrected chi connectivity index (χ3v) is 4.21. The number of hydrogen-bond donors (Lipinski definition) is 1. The number of carbonyl (C=O) groups is 1. The molecule has 1 aromatic heterocycles. The maximum atomic E-state index is 12.9. The summed E-state index contributed by atoms with van der Waals surface area (Å²) in [5.41, 5.74) is -1.16. The molecule has 1 amide bonds. The van der Waals surface area contributed by atoms with E-state index in [9.17, 15) is 18.0 Å². The van der Waals surface area contributed by atoms with E-state index in [0.29, 0.717) is 3.79 Å². The lowest BCUT2D eigenvalue weighted by atomic mass is 10.1. The molecule has 20 heavy (non-hydrogen) atoms. The minimum Gasteiger partial charge on any atom is -0.320 e. The molecule has 106 valence electrons. The van der Waals surface area contributed by atoms with Crippen molar-refractivity contribution in [2.45, 2.75) is 6.18 Å². The fourth-order valence-electron chi connectivity index (χ4n) is 1.50. The number of carbonyl (C=O) groups excluding carboxylic acids is 1. The zero-order valence-electron chi connectivity index (χ0n) is 9.59. The molecule has 0 aliphatic carbocycles. The van der Waals surface area contributed by atoms with Gasteiger partial charge in [-0.05, 0) is 34.1 Å². The summed E-state index contributed by atoms with van der Waals surface area (Å²) in [6, 6.07) is 4.85. The van der Waals surface area contributed by atoms with Crippen LogP contribution in [0, 0.1) is 0 Å². The van der Waals surface area contributed by atoms with E-state index in [1.54, 1.807) is 0 Å². The van der Waals surface area contributed by atoms with E-state index in [2.05, 4.69) is 21.2 Å². The van der Waals surface area contributed by atoms with E-state index in [4.69, 9.17) is 11.6 Å². The summed E-state index contributed by atoms with van der Waals surface area (Å²) in [6.07, 6.45) is -4.59. The monoisotopic (exact) mass is 383 g/mol. The highest BCUT2D eigenvalue weighted by Crippen LogP contribution is 2.38. The third kappa shape index (κ3) is 3.34. The highest BCUT2D eigenvalue weighted by molar-refractivity contribution is 9.11. The molecule has 1 heterocycles. The Labute approximate surface area is 129 Å². The van der Waals surface area contributed by atoms with Crippen molar-refractivity contribution in [1.82, 2.24) is 0 Å². The second kappa shape index (κ2) is 5.75. The number of anilines is 1. The van der Waals surface area contributed by atoms with Crippen LogP contribution in [0.15, 0.2) is 33.4 Å². The van der Waals surface area contributed by atoms with Crippen LogP contribution in [0.4, 0.5) is 18.9 Å². The quantitative estimate of drug-likeness (QED) is 0.734. The van der Waals surface area contributed by atoms with Crippen LogP contribution in [0.1, 0.15) is 15.9 Å². The van der Waals surface area contributed by atoms with Crippen molar-refractivity contribution in [3.8, 4) is 0 Å². The van der Waals surface area contributed by atoms with E-state index in [-0.39, 0.29) is 10.6 Å². The minimum absolute atomic E-state index is 0.164. The van der Waals surface area contributed by atoms with Crippen LogP contribution in [0.5, 0.6) is 0 Å². The van der Waals surface area contributed by atoms with Crippen LogP contribution in [0.3, 0.4) is 0 Å². The average Bonchev–Trinajstić information content (AvgIpc) is 2.77. The maximum absolute atomic E-state index is 12.9. The maximum Gasteiger partial charge on any atom is 0.418 e. The van der Waals surface area contributed by atoms with Crippen molar-refractivity contribution in [3.63, 3.8) is 0 Å². The summed E-state index contributed by atoms with van der Waals surface area (Å²) in [4.78, 5) is 11.9. The molecule has 2 nitrogen and oxygen atoms in total. The van der Waals surface area contributed by atoms with Gasteiger partial charge in [0.1, 0.15) is 0 Å². The van der Waals surface area contributed by atoms with Crippen LogP contribution in [-0.4, -0.2) is 5.91 Å². The van der Waals surface area contributed by atoms with Crippen molar-refractivity contribution in [2.24, 2.45) is 0 Å². The van der Waals surface area contributed by atoms with Gasteiger partial charge in [-0.1, -0.05) is 17.7 Å². The fourth-order valence-corrected chi connectivity index (χ4v) is 2.86. The molecule has 8 heteroatoms. The number of hydrogen-bond acceptors (Lipinski definition) is 2. The Morgan fingerprint density at radius 2 is 2.05 bits per heavy atom. The lowest BCUT2D eigenvalue weighted by Crippen LogP contribution is -2.16. The first-order valence-corrected chi connectivity index (χ1v) is 7.25. The molecule has 0 saturated carbocycles. The molecule has 0 spiro atoms. The number of halogens is 5. The number of thiophene rings is 1. The number of rotatable bonds is 2. The summed E-state index contributed by atoms with van der Waals surface area (Å²) in [5.74, 6) is -0.648. The molecule has 0 fully saturated rings. The van der Waals surface area contributed by atoms with Crippen LogP contribution in [0.25, 0.3) is 0 Å². The van der Waals surface area contributed by atoms with Gasteiger partial charge in [0.15, 0.2) is 0 Å². The van der Waals surface area contributed by atoms with Crippen molar-refractivity contribution in [1.29, 1.82) is 0 Å². The standard InChI is InChI=1S/C12H6BrClF3NOS/c13-9-4-6(5-20-9)11(19)18-10-7(12(15,16)17)2-1-3-8(10)14/h1-5H,(H,18,19). The molecule has 0 atom stereocenters. The smallest absolute Gasteiger partial charge is 0.320 e. The molecule has 0 bridgehead atoms. The van der Waals surface area contributed by atoms with Crippen molar-refractivity contribution in [2.75, 3.05) is 5.32 Å². The number of nitrogens with one attached hydrogen (secondary N) is 1. The Balaban J connectivity index is 2.36. The lowest BCUT2D eigenvalue weighted by molar-refractivity contribution is -0.136. The number of amides is 1. The van der Waals surface area contributed by atoms with Crippen LogP contribution < -0.4 is 5.32 Å². The van der Waals surface area contributed by atoms with E-state index < -0.39 is 23.3 Å². The van der Waals surface area contributed by atoms with E-state index in [1.165, 1.54) is 34.9 Å². The minimum atomic E-state index is -4.59. The fraction of sp³-hybridized carbons (Fsp3) is 0.0833. The van der Waals surface area contributed by atoms with Gasteiger partial charge < -0.3 is 5.32 Å². The SMILES string of the molecule is O=C(Nc1c(Cl)cccc1C(F)(F)F)c1csc(Br)c1. The first kappa shape index (κ1) is 15.3. The predicted octanol–water partition coefficient (Wildman–Crippen LogP) is 5.44. The van der Waals surface area contributed by atoms with Crippen LogP contribution in [0.2, 0.25) is 5.02 Å². The van der Waals surface area contributed by atoms with Gasteiger partial charge in [-0.2, -0.15) is 13.2 Å². The molecule has 0 radical (unpaired) electrons. The number of alkyl halides is 3. The number of benzene rings is 1. The first-order valence-electron chi connectivity index (χ1n) is 5.20. The van der Waals surface area contributed by atoms with Gasteiger partial charge in [-0.25, -0.2) is 0 Å². The highest BCUT2D eigenvalue weighted by Gasteiger charge is 2.34. The Morgan fingerprint density at radius 1 is 1.35 bits per heavy atom. The molecule has 0 unspecified atom stereocenters. The molecule has 2 aromatic rings. The van der Waals surface area contributed by atoms with Gasteiger partial charge in [-0.3, -0.25) is 4.79 Å². The van der Waals surface area contributed by atoms with Crippen LogP contribution >= 0.6 is 38.9 Å².